The van der Waals surface area contributed by atoms with Crippen molar-refractivity contribution in [2.45, 2.75) is 25.9 Å². The van der Waals surface area contributed by atoms with E-state index in [-0.39, 0.29) is 12.0 Å². The molecule has 1 heterocycles. The van der Waals surface area contributed by atoms with E-state index in [1.54, 1.807) is 7.05 Å². The van der Waals surface area contributed by atoms with E-state index >= 15 is 0 Å². The van der Waals surface area contributed by atoms with Gasteiger partial charge in [-0.1, -0.05) is 36.4 Å². The smallest absolute Gasteiger partial charge is 0.261 e. The topological polar surface area (TPSA) is 74.8 Å². The summed E-state index contributed by atoms with van der Waals surface area (Å²) in [7, 11) is 1.75. The fourth-order valence-electron chi connectivity index (χ4n) is 2.57. The molecule has 152 valence electrons. The first-order chi connectivity index (χ1) is 13.7. The molecule has 28 heavy (non-hydrogen) atoms. The van der Waals surface area contributed by atoms with Crippen molar-refractivity contribution in [3.05, 3.63) is 58.3 Å². The lowest BCUT2D eigenvalue weighted by Gasteiger charge is -2.15. The molecule has 0 spiro atoms. The predicted molar refractivity (Wildman–Crippen MR) is 116 cm³/mol. The van der Waals surface area contributed by atoms with Crippen molar-refractivity contribution in [3.63, 3.8) is 0 Å². The molecule has 6 nitrogen and oxygen atoms in total. The van der Waals surface area contributed by atoms with Crippen LogP contribution < -0.4 is 16.0 Å². The Morgan fingerprint density at radius 2 is 1.75 bits per heavy atom. The first-order valence-corrected chi connectivity index (χ1v) is 10.5. The zero-order valence-electron chi connectivity index (χ0n) is 16.6. The van der Waals surface area contributed by atoms with Gasteiger partial charge in [0, 0.05) is 33.3 Å². The number of carbonyl (C=O) groups excluding carboxylic acids is 1. The SMILES string of the molecule is CN=C(NCCCNC(=O)c1cccs1)NCCCOC(C)c1ccccc1. The minimum atomic E-state index is -0.0118. The van der Waals surface area contributed by atoms with E-state index in [0.717, 1.165) is 36.8 Å². The number of benzene rings is 1. The molecule has 0 fully saturated rings. The van der Waals surface area contributed by atoms with E-state index in [1.807, 2.05) is 35.7 Å². The summed E-state index contributed by atoms with van der Waals surface area (Å²) < 4.78 is 5.87. The van der Waals surface area contributed by atoms with Crippen LogP contribution in [0.25, 0.3) is 0 Å². The van der Waals surface area contributed by atoms with E-state index in [0.29, 0.717) is 13.2 Å². The zero-order chi connectivity index (χ0) is 20.0. The highest BCUT2D eigenvalue weighted by Crippen LogP contribution is 2.15. The number of amides is 1. The maximum atomic E-state index is 11.8. The summed E-state index contributed by atoms with van der Waals surface area (Å²) in [5.74, 6) is 0.753. The Kier molecular flexibility index (Phi) is 10.1. The number of nitrogens with one attached hydrogen (secondary N) is 3. The summed E-state index contributed by atoms with van der Waals surface area (Å²) in [6.45, 7) is 4.92. The second kappa shape index (κ2) is 12.9. The molecule has 1 unspecified atom stereocenters. The molecule has 3 N–H and O–H groups in total. The van der Waals surface area contributed by atoms with Crippen LogP contribution >= 0.6 is 11.3 Å². The highest BCUT2D eigenvalue weighted by atomic mass is 32.1. The van der Waals surface area contributed by atoms with Crippen molar-refractivity contribution in [3.8, 4) is 0 Å². The molecule has 0 aliphatic heterocycles. The van der Waals surface area contributed by atoms with Gasteiger partial charge in [-0.25, -0.2) is 0 Å². The number of guanidine groups is 1. The average molecular weight is 403 g/mol. The molecule has 2 rings (SSSR count). The van der Waals surface area contributed by atoms with E-state index in [9.17, 15) is 4.79 Å². The molecule has 2 aromatic rings. The number of nitrogens with zero attached hydrogens (tertiary/aromatic N) is 1. The van der Waals surface area contributed by atoms with Crippen molar-refractivity contribution in [1.82, 2.24) is 16.0 Å². The number of hydrogen-bond donors (Lipinski definition) is 3. The molecule has 1 aromatic carbocycles. The van der Waals surface area contributed by atoms with Crippen molar-refractivity contribution >= 4 is 23.2 Å². The third kappa shape index (κ3) is 8.10. The minimum absolute atomic E-state index is 0.0118. The Morgan fingerprint density at radius 3 is 2.43 bits per heavy atom. The van der Waals surface area contributed by atoms with Gasteiger partial charge in [0.05, 0.1) is 11.0 Å². The molecule has 7 heteroatoms. The van der Waals surface area contributed by atoms with Crippen LogP contribution in [-0.2, 0) is 4.74 Å². The molecule has 0 bridgehead atoms. The lowest BCUT2D eigenvalue weighted by Crippen LogP contribution is -2.39. The molecule has 0 aliphatic carbocycles. The lowest BCUT2D eigenvalue weighted by atomic mass is 10.1. The fourth-order valence-corrected chi connectivity index (χ4v) is 3.21. The van der Waals surface area contributed by atoms with Crippen LogP contribution in [0.1, 0.15) is 41.1 Å². The van der Waals surface area contributed by atoms with Crippen LogP contribution in [0, 0.1) is 0 Å². The molecular weight excluding hydrogens is 372 g/mol. The first kappa shape index (κ1) is 21.9. The van der Waals surface area contributed by atoms with Gasteiger partial charge >= 0.3 is 0 Å². The average Bonchev–Trinajstić information content (AvgIpc) is 3.27. The maximum Gasteiger partial charge on any atom is 0.261 e. The van der Waals surface area contributed by atoms with E-state index < -0.39 is 0 Å². The Hall–Kier alpha value is -2.38. The molecule has 1 aromatic heterocycles. The Balaban J connectivity index is 1.50. The standard InChI is InChI=1S/C21H30N4O2S/c1-17(18-9-4-3-5-10-18)27-15-8-14-25-21(22-2)24-13-7-12-23-20(26)19-11-6-16-28-19/h3-6,9-11,16-17H,7-8,12-15H2,1-2H3,(H,23,26)(H2,22,24,25). The fraction of sp³-hybridized carbons (Fsp3) is 0.429. The van der Waals surface area contributed by atoms with Crippen molar-refractivity contribution in [1.29, 1.82) is 0 Å². The van der Waals surface area contributed by atoms with Crippen LogP contribution in [0.3, 0.4) is 0 Å². The second-order valence-corrected chi connectivity index (χ2v) is 7.24. The third-order valence-corrected chi connectivity index (χ3v) is 5.02. The van der Waals surface area contributed by atoms with Gasteiger partial charge in [-0.3, -0.25) is 9.79 Å². The van der Waals surface area contributed by atoms with Crippen LogP contribution in [-0.4, -0.2) is 45.2 Å². The van der Waals surface area contributed by atoms with Gasteiger partial charge < -0.3 is 20.7 Å². The Bertz CT molecular complexity index is 704. The Morgan fingerprint density at radius 1 is 1.04 bits per heavy atom. The number of carbonyl (C=O) groups is 1. The maximum absolute atomic E-state index is 11.8. The van der Waals surface area contributed by atoms with Crippen molar-refractivity contribution in [2.24, 2.45) is 4.99 Å². The van der Waals surface area contributed by atoms with E-state index in [2.05, 4.69) is 40.0 Å². The molecule has 0 radical (unpaired) electrons. The Labute approximate surface area is 171 Å². The molecule has 1 amide bonds. The molecule has 0 saturated heterocycles. The van der Waals surface area contributed by atoms with Crippen molar-refractivity contribution < 1.29 is 9.53 Å². The lowest BCUT2D eigenvalue weighted by molar-refractivity contribution is 0.0646. The second-order valence-electron chi connectivity index (χ2n) is 6.29. The van der Waals surface area contributed by atoms with Crippen LogP contribution in [0.15, 0.2) is 52.8 Å². The quantitative estimate of drug-likeness (QED) is 0.307. The number of rotatable bonds is 11. The highest BCUT2D eigenvalue weighted by Gasteiger charge is 2.06. The van der Waals surface area contributed by atoms with Gasteiger partial charge in [0.15, 0.2) is 5.96 Å². The number of ether oxygens (including phenoxy) is 1. The van der Waals surface area contributed by atoms with Gasteiger partial charge in [0.1, 0.15) is 0 Å². The highest BCUT2D eigenvalue weighted by molar-refractivity contribution is 7.12. The summed E-state index contributed by atoms with van der Waals surface area (Å²) in [5.41, 5.74) is 1.19. The van der Waals surface area contributed by atoms with Crippen LogP contribution in [0.5, 0.6) is 0 Å². The van der Waals surface area contributed by atoms with E-state index in [4.69, 9.17) is 4.74 Å². The normalized spacial score (nSPS) is 12.4. The largest absolute Gasteiger partial charge is 0.374 e. The molecule has 0 aliphatic rings. The molecular formula is C21H30N4O2S. The minimum Gasteiger partial charge on any atom is -0.374 e. The first-order valence-electron chi connectivity index (χ1n) is 9.63. The zero-order valence-corrected chi connectivity index (χ0v) is 17.4. The van der Waals surface area contributed by atoms with Crippen LogP contribution in [0.4, 0.5) is 0 Å². The van der Waals surface area contributed by atoms with Crippen LogP contribution in [0.2, 0.25) is 0 Å². The summed E-state index contributed by atoms with van der Waals surface area (Å²) in [6, 6.07) is 13.9. The summed E-state index contributed by atoms with van der Waals surface area (Å²) >= 11 is 1.45. The molecule has 0 saturated carbocycles. The van der Waals surface area contributed by atoms with Gasteiger partial charge in [-0.2, -0.15) is 0 Å². The monoisotopic (exact) mass is 402 g/mol. The van der Waals surface area contributed by atoms with Gasteiger partial charge in [-0.15, -0.1) is 11.3 Å². The number of hydrogen-bond acceptors (Lipinski definition) is 4. The summed E-state index contributed by atoms with van der Waals surface area (Å²) in [4.78, 5) is 16.8. The predicted octanol–water partition coefficient (Wildman–Crippen LogP) is 3.20. The third-order valence-electron chi connectivity index (χ3n) is 4.15. The number of thiophene rings is 1. The van der Waals surface area contributed by atoms with Crippen molar-refractivity contribution in [2.75, 3.05) is 33.3 Å². The number of aliphatic imine (C=N–C) groups is 1. The van der Waals surface area contributed by atoms with Gasteiger partial charge in [-0.05, 0) is 36.8 Å². The van der Waals surface area contributed by atoms with Gasteiger partial charge in [0.25, 0.3) is 5.91 Å². The summed E-state index contributed by atoms with van der Waals surface area (Å²) in [5, 5.41) is 11.3. The summed E-state index contributed by atoms with van der Waals surface area (Å²) in [6.07, 6.45) is 1.83. The molecule has 1 atom stereocenters. The van der Waals surface area contributed by atoms with E-state index in [1.165, 1.54) is 16.9 Å². The van der Waals surface area contributed by atoms with Gasteiger partial charge in [0.2, 0.25) is 0 Å².